The molecule has 0 aliphatic rings. The molecule has 0 radical (unpaired) electrons. The molecule has 1 atom stereocenters. The molecule has 1 N–H and O–H groups in total. The van der Waals surface area contributed by atoms with Crippen molar-refractivity contribution in [3.8, 4) is 0 Å². The quantitative estimate of drug-likeness (QED) is 0.839. The molecule has 18 heavy (non-hydrogen) atoms. The van der Waals surface area contributed by atoms with Crippen molar-refractivity contribution in [2.75, 3.05) is 6.54 Å². The number of benzene rings is 1. The van der Waals surface area contributed by atoms with E-state index in [1.165, 1.54) is 5.56 Å². The van der Waals surface area contributed by atoms with E-state index < -0.39 is 12.7 Å². The maximum absolute atomic E-state index is 12.1. The Kier molecular flexibility index (Phi) is 5.20. The maximum atomic E-state index is 12.1. The van der Waals surface area contributed by atoms with E-state index in [-0.39, 0.29) is 6.04 Å². The van der Waals surface area contributed by atoms with Gasteiger partial charge < -0.3 is 5.32 Å². The summed E-state index contributed by atoms with van der Waals surface area (Å²) in [5.41, 5.74) is 2.10. The lowest BCUT2D eigenvalue weighted by molar-refractivity contribution is -0.126. The van der Waals surface area contributed by atoms with Crippen LogP contribution in [0.2, 0.25) is 0 Å². The molecule has 1 unspecified atom stereocenters. The van der Waals surface area contributed by atoms with Crippen molar-refractivity contribution in [1.29, 1.82) is 0 Å². The summed E-state index contributed by atoms with van der Waals surface area (Å²) in [5.74, 6) is 0.580. The zero-order valence-electron chi connectivity index (χ0n) is 11.0. The molecule has 1 nitrogen and oxygen atoms in total. The highest BCUT2D eigenvalue weighted by Crippen LogP contribution is 2.18. The molecule has 102 valence electrons. The third kappa shape index (κ3) is 5.54. The Morgan fingerprint density at radius 1 is 1.06 bits per heavy atom. The lowest BCUT2D eigenvalue weighted by Gasteiger charge is -2.16. The van der Waals surface area contributed by atoms with E-state index in [2.05, 4.69) is 19.2 Å². The summed E-state index contributed by atoms with van der Waals surface area (Å²) in [5, 5.41) is 2.47. The molecule has 0 spiro atoms. The molecule has 0 fully saturated rings. The number of rotatable bonds is 5. The van der Waals surface area contributed by atoms with Crippen LogP contribution in [0.5, 0.6) is 0 Å². The maximum Gasteiger partial charge on any atom is 0.401 e. The Bertz CT molecular complexity index is 354. The fraction of sp³-hybridized carbons (Fsp3) is 0.571. The van der Waals surface area contributed by atoms with Crippen molar-refractivity contribution >= 4 is 0 Å². The van der Waals surface area contributed by atoms with Gasteiger partial charge in [0.1, 0.15) is 0 Å². The summed E-state index contributed by atoms with van der Waals surface area (Å²) in [6.07, 6.45) is -3.17. The zero-order chi connectivity index (χ0) is 13.8. The topological polar surface area (TPSA) is 12.0 Å². The van der Waals surface area contributed by atoms with Gasteiger partial charge in [-0.25, -0.2) is 0 Å². The van der Waals surface area contributed by atoms with Crippen molar-refractivity contribution in [3.63, 3.8) is 0 Å². The summed E-state index contributed by atoms with van der Waals surface area (Å²) in [4.78, 5) is 0. The van der Waals surface area contributed by atoms with Gasteiger partial charge in [-0.2, -0.15) is 13.2 Å². The molecule has 0 aliphatic heterocycles. The van der Waals surface area contributed by atoms with Crippen LogP contribution in [0.1, 0.15) is 37.9 Å². The molecule has 0 saturated heterocycles. The molecule has 1 aromatic carbocycles. The van der Waals surface area contributed by atoms with Gasteiger partial charge in [-0.1, -0.05) is 38.1 Å². The summed E-state index contributed by atoms with van der Waals surface area (Å²) in [6, 6.07) is 7.47. The minimum atomic E-state index is -4.16. The van der Waals surface area contributed by atoms with E-state index in [0.29, 0.717) is 5.92 Å². The average molecular weight is 259 g/mol. The first-order chi connectivity index (χ1) is 8.28. The van der Waals surface area contributed by atoms with Gasteiger partial charge in [0.2, 0.25) is 0 Å². The monoisotopic (exact) mass is 259 g/mol. The largest absolute Gasteiger partial charge is 0.401 e. The second-order valence-corrected chi connectivity index (χ2v) is 5.06. The number of alkyl halides is 3. The highest BCUT2D eigenvalue weighted by molar-refractivity contribution is 5.25. The summed E-state index contributed by atoms with van der Waals surface area (Å²) < 4.78 is 36.2. The van der Waals surface area contributed by atoms with Crippen LogP contribution in [-0.2, 0) is 6.42 Å². The van der Waals surface area contributed by atoms with Gasteiger partial charge in [-0.3, -0.25) is 0 Å². The fourth-order valence-corrected chi connectivity index (χ4v) is 1.80. The van der Waals surface area contributed by atoms with Crippen LogP contribution in [0.15, 0.2) is 24.3 Å². The smallest absolute Gasteiger partial charge is 0.302 e. The first-order valence-corrected chi connectivity index (χ1v) is 6.17. The van der Waals surface area contributed by atoms with Crippen molar-refractivity contribution in [2.45, 2.75) is 39.4 Å². The number of hydrogen-bond acceptors (Lipinski definition) is 1. The van der Waals surface area contributed by atoms with Crippen LogP contribution in [0.25, 0.3) is 0 Å². The van der Waals surface area contributed by atoms with E-state index >= 15 is 0 Å². The molecular formula is C14H20F3N. The fourth-order valence-electron chi connectivity index (χ4n) is 1.80. The zero-order valence-corrected chi connectivity index (χ0v) is 11.0. The Balaban J connectivity index is 2.56. The molecule has 0 aromatic heterocycles. The predicted octanol–water partition coefficient (Wildman–Crippen LogP) is 4.10. The van der Waals surface area contributed by atoms with Gasteiger partial charge in [0.05, 0.1) is 6.54 Å². The average Bonchev–Trinajstić information content (AvgIpc) is 2.25. The van der Waals surface area contributed by atoms with Crippen LogP contribution in [-0.4, -0.2) is 12.7 Å². The van der Waals surface area contributed by atoms with Crippen LogP contribution < -0.4 is 5.32 Å². The minimum absolute atomic E-state index is 0.292. The predicted molar refractivity (Wildman–Crippen MR) is 67.5 cm³/mol. The van der Waals surface area contributed by atoms with E-state index in [9.17, 15) is 13.2 Å². The lowest BCUT2D eigenvalue weighted by atomic mass is 10.00. The molecule has 0 saturated carbocycles. The van der Waals surface area contributed by atoms with Crippen molar-refractivity contribution < 1.29 is 13.2 Å². The van der Waals surface area contributed by atoms with Gasteiger partial charge in [-0.15, -0.1) is 0 Å². The molecule has 0 amide bonds. The van der Waals surface area contributed by atoms with Gasteiger partial charge in [0, 0.05) is 6.04 Å². The molecular weight excluding hydrogens is 239 g/mol. The number of nitrogens with one attached hydrogen (secondary N) is 1. The van der Waals surface area contributed by atoms with Gasteiger partial charge in [0.25, 0.3) is 0 Å². The van der Waals surface area contributed by atoms with Crippen molar-refractivity contribution in [3.05, 3.63) is 35.4 Å². The van der Waals surface area contributed by atoms with Crippen molar-refractivity contribution in [2.24, 2.45) is 5.92 Å². The molecule has 1 aromatic rings. The van der Waals surface area contributed by atoms with Crippen LogP contribution >= 0.6 is 0 Å². The number of hydrogen-bond donors (Lipinski definition) is 1. The minimum Gasteiger partial charge on any atom is -0.302 e. The SMILES string of the molecule is CC(C)Cc1ccc(C(C)NCC(F)(F)F)cc1. The molecule has 0 bridgehead atoms. The normalized spacial score (nSPS) is 13.9. The molecule has 1 rings (SSSR count). The third-order valence-electron chi connectivity index (χ3n) is 2.73. The molecule has 0 heterocycles. The molecule has 0 aliphatic carbocycles. The highest BCUT2D eigenvalue weighted by atomic mass is 19.4. The van der Waals surface area contributed by atoms with Crippen LogP contribution in [0.3, 0.4) is 0 Å². The second-order valence-electron chi connectivity index (χ2n) is 5.06. The Morgan fingerprint density at radius 3 is 2.06 bits per heavy atom. The summed E-state index contributed by atoms with van der Waals surface area (Å²) >= 11 is 0. The third-order valence-corrected chi connectivity index (χ3v) is 2.73. The van der Waals surface area contributed by atoms with E-state index in [1.807, 2.05) is 24.3 Å². The highest BCUT2D eigenvalue weighted by Gasteiger charge is 2.27. The van der Waals surface area contributed by atoms with Crippen LogP contribution in [0.4, 0.5) is 13.2 Å². The Hall–Kier alpha value is -1.03. The van der Waals surface area contributed by atoms with Crippen molar-refractivity contribution in [1.82, 2.24) is 5.32 Å². The summed E-state index contributed by atoms with van der Waals surface area (Å²) in [7, 11) is 0. The van der Waals surface area contributed by atoms with Gasteiger partial charge >= 0.3 is 6.18 Å². The van der Waals surface area contributed by atoms with Gasteiger partial charge in [0.15, 0.2) is 0 Å². The first-order valence-electron chi connectivity index (χ1n) is 6.17. The lowest BCUT2D eigenvalue weighted by Crippen LogP contribution is -2.30. The van der Waals surface area contributed by atoms with E-state index in [0.717, 1.165) is 12.0 Å². The Morgan fingerprint density at radius 2 is 1.61 bits per heavy atom. The second kappa shape index (κ2) is 6.23. The van der Waals surface area contributed by atoms with E-state index in [4.69, 9.17) is 0 Å². The Labute approximate surface area is 106 Å². The van der Waals surface area contributed by atoms with E-state index in [1.54, 1.807) is 6.92 Å². The summed E-state index contributed by atoms with van der Waals surface area (Å²) in [6.45, 7) is 5.06. The van der Waals surface area contributed by atoms with Gasteiger partial charge in [-0.05, 0) is 30.4 Å². The molecule has 4 heteroatoms. The first kappa shape index (κ1) is 15.0. The number of halogens is 3. The standard InChI is InChI=1S/C14H20F3N/c1-10(2)8-12-4-6-13(7-5-12)11(3)18-9-14(15,16)17/h4-7,10-11,18H,8-9H2,1-3H3. The van der Waals surface area contributed by atoms with Crippen LogP contribution in [0, 0.1) is 5.92 Å².